The molecule has 4 heteroatoms. The molecule has 0 aliphatic heterocycles. The van der Waals surface area contributed by atoms with E-state index in [0.29, 0.717) is 0 Å². The van der Waals surface area contributed by atoms with Gasteiger partial charge in [0.1, 0.15) is 0 Å². The Bertz CT molecular complexity index is 3.61. The minimum atomic E-state index is 0. The van der Waals surface area contributed by atoms with E-state index in [4.69, 9.17) is 0 Å². The number of hydrogen-bond donors (Lipinski definition) is 0. The largest absolute Gasteiger partial charge is 0 e. The first kappa shape index (κ1) is 31.5. The normalized spacial score (nSPS) is 0. The fourth-order valence-corrected chi connectivity index (χ4v) is 0. The monoisotopic (exact) mass is 413 g/mol. The molecule has 0 saturated heterocycles. The minimum absolute atomic E-state index is 0. The van der Waals surface area contributed by atoms with Gasteiger partial charge in [-0.3, -0.25) is 0 Å². The van der Waals surface area contributed by atoms with Crippen LogP contribution in [0, 0.1) is 0 Å². The predicted molar refractivity (Wildman–Crippen MR) is 1.11 cm³/mol. The molecule has 0 spiro atoms. The van der Waals surface area contributed by atoms with Crippen LogP contribution >= 0.6 is 0 Å². The molecule has 0 aliphatic rings. The van der Waals surface area contributed by atoms with Crippen molar-refractivity contribution in [3.05, 3.63) is 0 Å². The van der Waals surface area contributed by atoms with Crippen molar-refractivity contribution in [1.82, 2.24) is 0 Å². The number of rotatable bonds is 0. The maximum atomic E-state index is 0. The summed E-state index contributed by atoms with van der Waals surface area (Å²) in [4.78, 5) is 0. The van der Waals surface area contributed by atoms with Crippen LogP contribution in [0.4, 0.5) is 0 Å². The van der Waals surface area contributed by atoms with Crippen LogP contribution in [0.1, 0.15) is 1.43 Å². The molecule has 0 bridgehead atoms. The SMILES string of the molecule is [H].[Rh].[Rh].[Rh].[Rh]. The maximum Gasteiger partial charge on any atom is 0 e. The van der Waals surface area contributed by atoms with Crippen molar-refractivity contribution in [2.24, 2.45) is 0 Å². The molecule has 0 atom stereocenters. The van der Waals surface area contributed by atoms with Crippen LogP contribution in [0.15, 0.2) is 0 Å². The number of hydrogen-bond acceptors (Lipinski definition) is 0. The van der Waals surface area contributed by atoms with Gasteiger partial charge in [-0.15, -0.1) is 0 Å². The second-order valence-corrected chi connectivity index (χ2v) is 0. The van der Waals surface area contributed by atoms with Crippen molar-refractivity contribution in [2.75, 3.05) is 0 Å². The van der Waals surface area contributed by atoms with Crippen molar-refractivity contribution in [3.8, 4) is 0 Å². The third kappa shape index (κ3) is 8.82. The summed E-state index contributed by atoms with van der Waals surface area (Å²) in [6, 6.07) is 0. The molecule has 0 unspecified atom stereocenters. The van der Waals surface area contributed by atoms with E-state index in [1.54, 1.807) is 0 Å². The van der Waals surface area contributed by atoms with Gasteiger partial charge in [-0.1, -0.05) is 0 Å². The van der Waals surface area contributed by atoms with E-state index in [9.17, 15) is 0 Å². The van der Waals surface area contributed by atoms with Gasteiger partial charge in [0.2, 0.25) is 0 Å². The Morgan fingerprint density at radius 3 is 0.500 bits per heavy atom. The van der Waals surface area contributed by atoms with Gasteiger partial charge in [0.25, 0.3) is 0 Å². The fourth-order valence-electron chi connectivity index (χ4n) is 0. The zero-order chi connectivity index (χ0) is 0. The molecule has 0 amide bonds. The van der Waals surface area contributed by atoms with E-state index < -0.39 is 0 Å². The Labute approximate surface area is 78.4 Å². The summed E-state index contributed by atoms with van der Waals surface area (Å²) in [5.41, 5.74) is 0. The first-order valence-electron chi connectivity index (χ1n) is 0. The van der Waals surface area contributed by atoms with Gasteiger partial charge >= 0.3 is 0 Å². The molecule has 0 aromatic rings. The van der Waals surface area contributed by atoms with E-state index in [2.05, 4.69) is 0 Å². The molecular formula is HRh4. The Morgan fingerprint density at radius 1 is 0.500 bits per heavy atom. The van der Waals surface area contributed by atoms with Crippen LogP contribution in [0.3, 0.4) is 0 Å². The standard InChI is InChI=1S/4Rh.H. The molecule has 4 heavy (non-hydrogen) atoms. The van der Waals surface area contributed by atoms with Gasteiger partial charge in [-0.25, -0.2) is 0 Å². The Kier molecular flexibility index (Phi) is 141. The van der Waals surface area contributed by atoms with Crippen molar-refractivity contribution in [1.29, 1.82) is 0 Å². The predicted octanol–water partition coefficient (Wildman–Crippen LogP) is 0.102. The van der Waals surface area contributed by atoms with Crippen molar-refractivity contribution in [3.63, 3.8) is 0 Å². The summed E-state index contributed by atoms with van der Waals surface area (Å²) in [5.74, 6) is 0. The zero-order valence-corrected chi connectivity index (χ0v) is 7.89. The Hall–Kier alpha value is 2.49. The second kappa shape index (κ2) is 17.8. The van der Waals surface area contributed by atoms with E-state index in [-0.39, 0.29) is 79.3 Å². The van der Waals surface area contributed by atoms with Gasteiger partial charge in [-0.2, -0.15) is 0 Å². The summed E-state index contributed by atoms with van der Waals surface area (Å²) >= 11 is 0. The molecule has 37 valence electrons. The molecule has 0 heterocycles. The summed E-state index contributed by atoms with van der Waals surface area (Å²) in [5, 5.41) is 0. The van der Waals surface area contributed by atoms with Crippen LogP contribution in [-0.2, 0) is 77.9 Å². The quantitative estimate of drug-likeness (QED) is 0.495. The fraction of sp³-hybridized carbons (Fsp3) is 0. The molecule has 0 fully saturated rings. The molecule has 0 aliphatic carbocycles. The average molecular weight is 413 g/mol. The van der Waals surface area contributed by atoms with E-state index >= 15 is 0 Å². The topological polar surface area (TPSA) is 0 Å². The van der Waals surface area contributed by atoms with E-state index in [0.717, 1.165) is 0 Å². The molecule has 0 aromatic heterocycles. The smallest absolute Gasteiger partial charge is 0 e. The van der Waals surface area contributed by atoms with Crippen LogP contribution in [0.2, 0.25) is 0 Å². The van der Waals surface area contributed by atoms with Gasteiger partial charge in [0, 0.05) is 79.3 Å². The van der Waals surface area contributed by atoms with Gasteiger partial charge in [-0.05, 0) is 0 Å². The summed E-state index contributed by atoms with van der Waals surface area (Å²) in [7, 11) is 0. The van der Waals surface area contributed by atoms with Gasteiger partial charge in [0.05, 0.1) is 0 Å². The van der Waals surface area contributed by atoms with Crippen molar-refractivity contribution >= 4 is 0 Å². The van der Waals surface area contributed by atoms with Crippen LogP contribution in [0.5, 0.6) is 0 Å². The first-order valence-corrected chi connectivity index (χ1v) is 0. The van der Waals surface area contributed by atoms with Crippen LogP contribution in [0.25, 0.3) is 0 Å². The third-order valence-corrected chi connectivity index (χ3v) is 0. The summed E-state index contributed by atoms with van der Waals surface area (Å²) in [6.45, 7) is 0. The summed E-state index contributed by atoms with van der Waals surface area (Å²) < 4.78 is 0. The Morgan fingerprint density at radius 2 is 0.500 bits per heavy atom. The Balaban J connectivity index is 0. The van der Waals surface area contributed by atoms with Crippen LogP contribution < -0.4 is 0 Å². The molecule has 0 rings (SSSR count). The first-order chi connectivity index (χ1) is 0. The third-order valence-electron chi connectivity index (χ3n) is 0. The maximum absolute atomic E-state index is 0. The molecule has 0 N–H and O–H groups in total. The minimum Gasteiger partial charge on any atom is 0 e. The zero-order valence-electron chi connectivity index (χ0n) is 2.33. The van der Waals surface area contributed by atoms with Crippen molar-refractivity contribution in [2.45, 2.75) is 0 Å². The van der Waals surface area contributed by atoms with E-state index in [1.165, 1.54) is 0 Å². The average Bonchev–Trinajstić information content (AvgIpc) is 0. The second-order valence-electron chi connectivity index (χ2n) is 0. The van der Waals surface area contributed by atoms with Crippen molar-refractivity contribution < 1.29 is 79.3 Å². The molecule has 0 saturated carbocycles. The molecule has 0 nitrogen and oxygen atoms in total. The van der Waals surface area contributed by atoms with Gasteiger partial charge in [0.15, 0.2) is 0 Å². The van der Waals surface area contributed by atoms with Crippen LogP contribution in [-0.4, -0.2) is 0 Å². The van der Waals surface area contributed by atoms with Gasteiger partial charge < -0.3 is 0 Å². The molecule has 5 radical (unpaired) electrons. The van der Waals surface area contributed by atoms with E-state index in [1.807, 2.05) is 0 Å². The summed E-state index contributed by atoms with van der Waals surface area (Å²) in [6.07, 6.45) is 0. The molecular weight excluding hydrogens is 412 g/mol. The molecule has 0 aromatic carbocycles.